The Morgan fingerprint density at radius 2 is 1.77 bits per heavy atom. The number of carbonyl (C=O) groups is 3. The van der Waals surface area contributed by atoms with E-state index in [2.05, 4.69) is 5.32 Å². The molecular weight excluding hydrogens is 427 g/mol. The summed E-state index contributed by atoms with van der Waals surface area (Å²) in [5, 5.41) is 3.00. The number of anilines is 1. The lowest BCUT2D eigenvalue weighted by molar-refractivity contribution is -0.136. The summed E-state index contributed by atoms with van der Waals surface area (Å²) in [5.41, 5.74) is 1.01. The molecule has 2 amide bonds. The lowest BCUT2D eigenvalue weighted by Crippen LogP contribution is -2.37. The van der Waals surface area contributed by atoms with E-state index in [0.29, 0.717) is 22.0 Å². The molecule has 0 aliphatic heterocycles. The number of hydrogen-bond donors (Lipinski definition) is 1. The summed E-state index contributed by atoms with van der Waals surface area (Å²) in [6, 6.07) is 15.2. The van der Waals surface area contributed by atoms with Crippen molar-refractivity contribution in [2.45, 2.75) is 0 Å². The van der Waals surface area contributed by atoms with Gasteiger partial charge >= 0.3 is 5.97 Å². The van der Waals surface area contributed by atoms with Gasteiger partial charge in [0.05, 0.1) is 11.6 Å². The predicted molar refractivity (Wildman–Crippen MR) is 112 cm³/mol. The van der Waals surface area contributed by atoms with Gasteiger partial charge in [-0.15, -0.1) is 0 Å². The van der Waals surface area contributed by atoms with Gasteiger partial charge in [-0.2, -0.15) is 0 Å². The van der Waals surface area contributed by atoms with Crippen LogP contribution in [0.25, 0.3) is 11.3 Å². The Morgan fingerprint density at radius 3 is 2.48 bits per heavy atom. The van der Waals surface area contributed by atoms with Gasteiger partial charge in [0.15, 0.2) is 6.61 Å². The van der Waals surface area contributed by atoms with Gasteiger partial charge in [-0.25, -0.2) is 9.18 Å². The van der Waals surface area contributed by atoms with Gasteiger partial charge in [0, 0.05) is 18.3 Å². The first-order valence-corrected chi connectivity index (χ1v) is 9.52. The van der Waals surface area contributed by atoms with E-state index in [1.54, 1.807) is 30.3 Å². The fourth-order valence-electron chi connectivity index (χ4n) is 2.60. The molecule has 3 aromatic rings. The molecule has 0 fully saturated rings. The van der Waals surface area contributed by atoms with E-state index in [0.717, 1.165) is 4.90 Å². The molecule has 2 aromatic carbocycles. The number of likely N-dealkylation sites (N-methyl/N-ethyl adjacent to an activating group) is 1. The van der Waals surface area contributed by atoms with Crippen molar-refractivity contribution in [2.24, 2.45) is 0 Å². The van der Waals surface area contributed by atoms with Gasteiger partial charge in [-0.1, -0.05) is 23.7 Å². The first-order valence-electron chi connectivity index (χ1n) is 9.14. The van der Waals surface area contributed by atoms with Crippen molar-refractivity contribution >= 4 is 35.1 Å². The molecule has 0 aliphatic rings. The van der Waals surface area contributed by atoms with Crippen LogP contribution < -0.4 is 5.32 Å². The Hall–Kier alpha value is -3.65. The summed E-state index contributed by atoms with van der Waals surface area (Å²) in [4.78, 5) is 37.4. The van der Waals surface area contributed by atoms with E-state index in [1.807, 2.05) is 0 Å². The van der Waals surface area contributed by atoms with E-state index in [1.165, 1.54) is 37.4 Å². The largest absolute Gasteiger partial charge is 0.450 e. The Labute approximate surface area is 182 Å². The van der Waals surface area contributed by atoms with E-state index in [-0.39, 0.29) is 12.3 Å². The van der Waals surface area contributed by atoms with Gasteiger partial charge in [0.1, 0.15) is 11.6 Å². The molecule has 3 rings (SSSR count). The Kier molecular flexibility index (Phi) is 7.04. The van der Waals surface area contributed by atoms with Gasteiger partial charge in [-0.3, -0.25) is 9.59 Å². The zero-order valence-corrected chi connectivity index (χ0v) is 17.2. The maximum atomic E-state index is 12.9. The van der Waals surface area contributed by atoms with E-state index >= 15 is 0 Å². The van der Waals surface area contributed by atoms with Crippen LogP contribution in [0.4, 0.5) is 10.1 Å². The van der Waals surface area contributed by atoms with Crippen LogP contribution >= 0.6 is 11.6 Å². The average molecular weight is 445 g/mol. The highest BCUT2D eigenvalue weighted by atomic mass is 35.5. The SMILES string of the molecule is CN(CC(=O)Nc1ccc(F)cc1)C(=O)COC(=O)c1ccc(-c2ccccc2Cl)o1. The number of nitrogens with zero attached hydrogens (tertiary/aromatic N) is 1. The predicted octanol–water partition coefficient (Wildman–Crippen LogP) is 3.99. The number of nitrogens with one attached hydrogen (secondary N) is 1. The number of carbonyl (C=O) groups excluding carboxylic acids is 3. The van der Waals surface area contributed by atoms with E-state index in [4.69, 9.17) is 20.8 Å². The number of hydrogen-bond acceptors (Lipinski definition) is 5. The molecule has 0 radical (unpaired) electrons. The summed E-state index contributed by atoms with van der Waals surface area (Å²) >= 11 is 6.11. The molecule has 9 heteroatoms. The lowest BCUT2D eigenvalue weighted by atomic mass is 10.2. The zero-order valence-electron chi connectivity index (χ0n) is 16.4. The van der Waals surface area contributed by atoms with Gasteiger partial charge < -0.3 is 19.4 Å². The van der Waals surface area contributed by atoms with Crippen LogP contribution in [0.2, 0.25) is 5.02 Å². The molecule has 0 atom stereocenters. The summed E-state index contributed by atoms with van der Waals surface area (Å²) in [5.74, 6) is -2.01. The minimum Gasteiger partial charge on any atom is -0.450 e. The van der Waals surface area contributed by atoms with Crippen LogP contribution in [0.3, 0.4) is 0 Å². The van der Waals surface area contributed by atoms with Gasteiger partial charge in [0.2, 0.25) is 11.7 Å². The fraction of sp³-hybridized carbons (Fsp3) is 0.136. The van der Waals surface area contributed by atoms with Crippen molar-refractivity contribution < 1.29 is 27.9 Å². The molecular formula is C22H18ClFN2O5. The molecule has 1 aromatic heterocycles. The van der Waals surface area contributed by atoms with Gasteiger partial charge in [-0.05, 0) is 48.5 Å². The highest BCUT2D eigenvalue weighted by molar-refractivity contribution is 6.33. The first kappa shape index (κ1) is 22.0. The number of ether oxygens (including phenoxy) is 1. The van der Waals surface area contributed by atoms with Crippen molar-refractivity contribution in [1.82, 2.24) is 4.90 Å². The Balaban J connectivity index is 1.49. The smallest absolute Gasteiger partial charge is 0.374 e. The normalized spacial score (nSPS) is 10.4. The minimum absolute atomic E-state index is 0.0839. The number of halogens is 2. The van der Waals surface area contributed by atoms with Crippen LogP contribution in [0.5, 0.6) is 0 Å². The standard InChI is InChI=1S/C22H18ClFN2O5/c1-26(12-20(27)25-15-8-6-14(24)7-9-15)21(28)13-30-22(29)19-11-10-18(31-19)16-4-2-3-5-17(16)23/h2-11H,12-13H2,1H3,(H,25,27). The second-order valence-corrected chi connectivity index (χ2v) is 6.93. The molecule has 0 saturated heterocycles. The molecule has 31 heavy (non-hydrogen) atoms. The summed E-state index contributed by atoms with van der Waals surface area (Å²) in [7, 11) is 1.39. The summed E-state index contributed by atoms with van der Waals surface area (Å²) in [6.07, 6.45) is 0. The second kappa shape index (κ2) is 9.90. The number of benzene rings is 2. The quantitative estimate of drug-likeness (QED) is 0.556. The zero-order chi connectivity index (χ0) is 22.4. The lowest BCUT2D eigenvalue weighted by Gasteiger charge is -2.16. The molecule has 7 nitrogen and oxygen atoms in total. The molecule has 0 spiro atoms. The third kappa shape index (κ3) is 5.93. The highest BCUT2D eigenvalue weighted by Gasteiger charge is 2.19. The molecule has 160 valence electrons. The van der Waals surface area contributed by atoms with Crippen LogP contribution in [-0.4, -0.2) is 42.9 Å². The van der Waals surface area contributed by atoms with Crippen molar-refractivity contribution in [1.29, 1.82) is 0 Å². The van der Waals surface area contributed by atoms with E-state index in [9.17, 15) is 18.8 Å². The van der Waals surface area contributed by atoms with Crippen molar-refractivity contribution in [3.63, 3.8) is 0 Å². The monoisotopic (exact) mass is 444 g/mol. The maximum absolute atomic E-state index is 12.9. The van der Waals surface area contributed by atoms with Crippen LogP contribution in [0.1, 0.15) is 10.6 Å². The van der Waals surface area contributed by atoms with Crippen LogP contribution in [0, 0.1) is 5.82 Å². The Morgan fingerprint density at radius 1 is 1.06 bits per heavy atom. The molecule has 0 unspecified atom stereocenters. The summed E-state index contributed by atoms with van der Waals surface area (Å²) in [6.45, 7) is -0.841. The number of amides is 2. The number of furan rings is 1. The van der Waals surface area contributed by atoms with Crippen molar-refractivity contribution in [2.75, 3.05) is 25.5 Å². The number of rotatable bonds is 7. The average Bonchev–Trinajstić information content (AvgIpc) is 3.23. The summed E-state index contributed by atoms with van der Waals surface area (Å²) < 4.78 is 23.3. The molecule has 0 bridgehead atoms. The number of esters is 1. The van der Waals surface area contributed by atoms with Crippen molar-refractivity contribution in [3.05, 3.63) is 77.3 Å². The third-order valence-electron chi connectivity index (χ3n) is 4.21. The van der Waals surface area contributed by atoms with E-state index < -0.39 is 30.2 Å². The van der Waals surface area contributed by atoms with Crippen molar-refractivity contribution in [3.8, 4) is 11.3 Å². The maximum Gasteiger partial charge on any atom is 0.374 e. The highest BCUT2D eigenvalue weighted by Crippen LogP contribution is 2.29. The van der Waals surface area contributed by atoms with Gasteiger partial charge in [0.25, 0.3) is 5.91 Å². The Bertz CT molecular complexity index is 1100. The minimum atomic E-state index is -0.823. The first-order chi connectivity index (χ1) is 14.8. The molecule has 1 N–H and O–H groups in total. The van der Waals surface area contributed by atoms with Crippen LogP contribution in [-0.2, 0) is 14.3 Å². The van der Waals surface area contributed by atoms with Crippen LogP contribution in [0.15, 0.2) is 65.1 Å². The molecule has 0 saturated carbocycles. The third-order valence-corrected chi connectivity index (χ3v) is 4.54. The molecule has 1 heterocycles. The fourth-order valence-corrected chi connectivity index (χ4v) is 2.83. The molecule has 0 aliphatic carbocycles. The second-order valence-electron chi connectivity index (χ2n) is 6.52. The topological polar surface area (TPSA) is 88.9 Å².